The van der Waals surface area contributed by atoms with Gasteiger partial charge in [-0.1, -0.05) is 57.8 Å². The summed E-state index contributed by atoms with van der Waals surface area (Å²) < 4.78 is 0. The lowest BCUT2D eigenvalue weighted by Crippen LogP contribution is -2.45. The molecule has 1 aliphatic carbocycles. The zero-order chi connectivity index (χ0) is 20.0. The maximum absolute atomic E-state index is 12.7. The van der Waals surface area contributed by atoms with Gasteiger partial charge in [0.25, 0.3) is 5.91 Å². The molecule has 0 atom stereocenters. The fourth-order valence-corrected chi connectivity index (χ4v) is 4.15. The third-order valence-electron chi connectivity index (χ3n) is 5.94. The second-order valence-electron chi connectivity index (χ2n) is 8.19. The molecule has 0 radical (unpaired) electrons. The van der Waals surface area contributed by atoms with Crippen LogP contribution in [0.15, 0.2) is 11.8 Å². The number of carbonyl (C=O) groups is 1. The highest BCUT2D eigenvalue weighted by atomic mass is 16.3. The molecule has 1 saturated heterocycles. The van der Waals surface area contributed by atoms with Gasteiger partial charge in [-0.15, -0.1) is 0 Å². The minimum Gasteiger partial charge on any atom is -0.395 e. The highest BCUT2D eigenvalue weighted by Crippen LogP contribution is 2.17. The Hall–Kier alpha value is -1.58. The first-order chi connectivity index (χ1) is 13.7. The third-order valence-corrected chi connectivity index (χ3v) is 5.94. The van der Waals surface area contributed by atoms with Crippen LogP contribution in [0.25, 0.3) is 0 Å². The Morgan fingerprint density at radius 1 is 0.964 bits per heavy atom. The zero-order valence-electron chi connectivity index (χ0n) is 17.4. The molecule has 1 aliphatic heterocycles. The second-order valence-corrected chi connectivity index (χ2v) is 8.19. The first-order valence-corrected chi connectivity index (χ1v) is 11.2. The van der Waals surface area contributed by atoms with Gasteiger partial charge >= 0.3 is 0 Å². The number of nitrogens with zero attached hydrogens (tertiary/aromatic N) is 3. The van der Waals surface area contributed by atoms with Crippen LogP contribution in [0.5, 0.6) is 0 Å². The van der Waals surface area contributed by atoms with E-state index in [1.54, 1.807) is 6.20 Å². The number of hydrogen-bond acceptors (Lipinski definition) is 5. The number of carbonyl (C=O) groups excluding carboxylic acids is 1. The molecule has 28 heavy (non-hydrogen) atoms. The van der Waals surface area contributed by atoms with Crippen LogP contribution >= 0.6 is 0 Å². The Morgan fingerprint density at radius 2 is 1.50 bits per heavy atom. The first-order valence-electron chi connectivity index (χ1n) is 11.2. The Kier molecular flexibility index (Phi) is 11.0. The molecule has 6 heteroatoms. The molecule has 1 heterocycles. The minimum atomic E-state index is -0.225. The molecule has 2 rings (SSSR count). The van der Waals surface area contributed by atoms with Crippen LogP contribution in [-0.2, 0) is 4.79 Å². The fraction of sp³-hybridized carbons (Fsp3) is 0.818. The fourth-order valence-electron chi connectivity index (χ4n) is 4.15. The van der Waals surface area contributed by atoms with E-state index in [0.29, 0.717) is 6.54 Å². The van der Waals surface area contributed by atoms with Gasteiger partial charge in [0.2, 0.25) is 0 Å². The van der Waals surface area contributed by atoms with Crippen molar-refractivity contribution in [2.45, 2.75) is 76.7 Å². The number of β-amino-alcohol motifs (C(OH)–C–C–N with tert-alkyl or cyclic N) is 1. The van der Waals surface area contributed by atoms with E-state index < -0.39 is 0 Å². The van der Waals surface area contributed by atoms with Crippen LogP contribution in [0.4, 0.5) is 0 Å². The molecule has 1 saturated carbocycles. The summed E-state index contributed by atoms with van der Waals surface area (Å²) in [5.74, 6) is -0.225. The molecule has 0 unspecified atom stereocenters. The van der Waals surface area contributed by atoms with Gasteiger partial charge in [0.05, 0.1) is 6.61 Å². The quantitative estimate of drug-likeness (QED) is 0.557. The van der Waals surface area contributed by atoms with Gasteiger partial charge in [-0.2, -0.15) is 5.26 Å². The number of nitrogens with one attached hydrogen (secondary N) is 1. The smallest absolute Gasteiger partial charge is 0.263 e. The molecule has 0 aromatic rings. The van der Waals surface area contributed by atoms with Crippen LogP contribution in [0.3, 0.4) is 0 Å². The van der Waals surface area contributed by atoms with E-state index in [4.69, 9.17) is 5.11 Å². The standard InChI is InChI=1S/C22H38N4O2/c23-18-20(19-26-14-12-25(13-15-26)16-17-27)22(28)24-21-10-8-6-4-2-1-3-5-7-9-11-21/h19,21,27H,1-17H2,(H,24,28)/b20-19-. The summed E-state index contributed by atoms with van der Waals surface area (Å²) in [6.45, 7) is 4.11. The molecule has 2 aliphatic rings. The van der Waals surface area contributed by atoms with Crippen molar-refractivity contribution in [2.75, 3.05) is 39.3 Å². The summed E-state index contributed by atoms with van der Waals surface area (Å²) in [6.07, 6.45) is 15.2. The molecule has 0 aromatic heterocycles. The van der Waals surface area contributed by atoms with E-state index in [1.165, 1.54) is 44.9 Å². The third kappa shape index (κ3) is 8.62. The molecule has 158 valence electrons. The van der Waals surface area contributed by atoms with Crippen molar-refractivity contribution < 1.29 is 9.90 Å². The lowest BCUT2D eigenvalue weighted by molar-refractivity contribution is -0.118. The van der Waals surface area contributed by atoms with E-state index in [2.05, 4.69) is 16.3 Å². The molecule has 1 amide bonds. The normalized spacial score (nSPS) is 22.0. The van der Waals surface area contributed by atoms with Crippen LogP contribution in [0.1, 0.15) is 70.6 Å². The number of hydrogen-bond donors (Lipinski definition) is 2. The summed E-state index contributed by atoms with van der Waals surface area (Å²) in [5.41, 5.74) is 0.210. The number of nitriles is 1. The number of aliphatic hydroxyl groups excluding tert-OH is 1. The molecule has 2 N–H and O–H groups in total. The maximum atomic E-state index is 12.7. The van der Waals surface area contributed by atoms with E-state index in [1.807, 2.05) is 4.90 Å². The Bertz CT molecular complexity index is 509. The molecule has 0 aromatic carbocycles. The summed E-state index contributed by atoms with van der Waals surface area (Å²) in [4.78, 5) is 16.9. The number of amides is 1. The van der Waals surface area contributed by atoms with Gasteiger partial charge in [-0.3, -0.25) is 9.69 Å². The van der Waals surface area contributed by atoms with E-state index >= 15 is 0 Å². The molecule has 0 bridgehead atoms. The Balaban J connectivity index is 1.85. The zero-order valence-corrected chi connectivity index (χ0v) is 17.4. The van der Waals surface area contributed by atoms with E-state index in [-0.39, 0.29) is 24.1 Å². The maximum Gasteiger partial charge on any atom is 0.263 e. The van der Waals surface area contributed by atoms with Gasteiger partial charge in [0.15, 0.2) is 0 Å². The predicted octanol–water partition coefficient (Wildman–Crippen LogP) is 2.79. The average molecular weight is 391 g/mol. The first kappa shape index (κ1) is 22.7. The second kappa shape index (κ2) is 13.6. The highest BCUT2D eigenvalue weighted by molar-refractivity contribution is 5.97. The molecular weight excluding hydrogens is 352 g/mol. The Labute approximate surface area is 170 Å². The summed E-state index contributed by atoms with van der Waals surface area (Å²) in [6, 6.07) is 2.28. The molecule has 6 nitrogen and oxygen atoms in total. The SMILES string of the molecule is N#C/C(=C/N1CCN(CCO)CC1)C(=O)NC1CCCCCCCCCCC1. The van der Waals surface area contributed by atoms with E-state index in [9.17, 15) is 10.1 Å². The van der Waals surface area contributed by atoms with Gasteiger partial charge < -0.3 is 15.3 Å². The molecular formula is C22H38N4O2. The predicted molar refractivity (Wildman–Crippen MR) is 112 cm³/mol. The topological polar surface area (TPSA) is 79.6 Å². The van der Waals surface area contributed by atoms with Crippen molar-refractivity contribution in [3.8, 4) is 6.07 Å². The lowest BCUT2D eigenvalue weighted by atomic mass is 9.97. The van der Waals surface area contributed by atoms with Gasteiger partial charge in [-0.25, -0.2) is 0 Å². The molecule has 0 spiro atoms. The number of piperazine rings is 1. The van der Waals surface area contributed by atoms with Gasteiger partial charge in [0, 0.05) is 45.0 Å². The van der Waals surface area contributed by atoms with Crippen molar-refractivity contribution >= 4 is 5.91 Å². The van der Waals surface area contributed by atoms with Crippen LogP contribution < -0.4 is 5.32 Å². The highest BCUT2D eigenvalue weighted by Gasteiger charge is 2.19. The number of rotatable bonds is 5. The van der Waals surface area contributed by atoms with Crippen molar-refractivity contribution in [3.05, 3.63) is 11.8 Å². The van der Waals surface area contributed by atoms with Crippen molar-refractivity contribution in [1.29, 1.82) is 5.26 Å². The van der Waals surface area contributed by atoms with Gasteiger partial charge in [-0.05, 0) is 12.8 Å². The average Bonchev–Trinajstić information content (AvgIpc) is 2.69. The summed E-state index contributed by atoms with van der Waals surface area (Å²) in [5, 5.41) is 21.7. The van der Waals surface area contributed by atoms with Crippen molar-refractivity contribution in [2.24, 2.45) is 0 Å². The van der Waals surface area contributed by atoms with Crippen molar-refractivity contribution in [3.63, 3.8) is 0 Å². The number of aliphatic hydroxyl groups is 1. The van der Waals surface area contributed by atoms with Gasteiger partial charge in [0.1, 0.15) is 11.6 Å². The molecule has 2 fully saturated rings. The summed E-state index contributed by atoms with van der Waals surface area (Å²) in [7, 11) is 0. The summed E-state index contributed by atoms with van der Waals surface area (Å²) >= 11 is 0. The minimum absolute atomic E-state index is 0.170. The van der Waals surface area contributed by atoms with E-state index in [0.717, 1.165) is 51.9 Å². The van der Waals surface area contributed by atoms with Crippen LogP contribution in [0.2, 0.25) is 0 Å². The lowest BCUT2D eigenvalue weighted by Gasteiger charge is -2.33. The largest absolute Gasteiger partial charge is 0.395 e. The van der Waals surface area contributed by atoms with Crippen LogP contribution in [-0.4, -0.2) is 66.2 Å². The Morgan fingerprint density at radius 3 is 2.00 bits per heavy atom. The monoisotopic (exact) mass is 390 g/mol. The van der Waals surface area contributed by atoms with Crippen molar-refractivity contribution in [1.82, 2.24) is 15.1 Å². The van der Waals surface area contributed by atoms with Crippen LogP contribution in [0, 0.1) is 11.3 Å².